The molecule has 1 aromatic carbocycles. The summed E-state index contributed by atoms with van der Waals surface area (Å²) in [5.74, 6) is 1.05. The molecular weight excluding hydrogens is 254 g/mol. The molecule has 2 aliphatic rings. The van der Waals surface area contributed by atoms with Crippen molar-refractivity contribution in [2.24, 2.45) is 0 Å². The molecule has 3 atom stereocenters. The van der Waals surface area contributed by atoms with Crippen LogP contribution in [0.25, 0.3) is 0 Å². The lowest BCUT2D eigenvalue weighted by Gasteiger charge is -2.31. The predicted octanol–water partition coefficient (Wildman–Crippen LogP) is 3.77. The third-order valence-electron chi connectivity index (χ3n) is 4.43. The Morgan fingerprint density at radius 3 is 2.84 bits per heavy atom. The Hall–Kier alpha value is -0.670. The quantitative estimate of drug-likeness (QED) is 0.908. The largest absolute Gasteiger partial charge is 0.486 e. The minimum Gasteiger partial charge on any atom is -0.486 e. The second-order valence-corrected chi connectivity index (χ2v) is 7.23. The fourth-order valence-corrected chi connectivity index (χ4v) is 4.38. The van der Waals surface area contributed by atoms with Crippen LogP contribution in [0, 0.1) is 0 Å². The van der Waals surface area contributed by atoms with Crippen LogP contribution in [0.1, 0.15) is 44.7 Å². The van der Waals surface area contributed by atoms with E-state index in [4.69, 9.17) is 4.74 Å². The smallest absolute Gasteiger partial charge is 0.125 e. The summed E-state index contributed by atoms with van der Waals surface area (Å²) in [7, 11) is 0. The zero-order valence-corrected chi connectivity index (χ0v) is 12.8. The van der Waals surface area contributed by atoms with Gasteiger partial charge in [0.05, 0.1) is 6.04 Å². The van der Waals surface area contributed by atoms with Gasteiger partial charge in [-0.1, -0.05) is 24.6 Å². The molecule has 0 spiro atoms. The lowest BCUT2D eigenvalue weighted by atomic mass is 9.93. The van der Waals surface area contributed by atoms with E-state index < -0.39 is 0 Å². The van der Waals surface area contributed by atoms with E-state index in [2.05, 4.69) is 49.7 Å². The Balaban J connectivity index is 1.83. The molecule has 3 heteroatoms. The van der Waals surface area contributed by atoms with E-state index in [1.54, 1.807) is 0 Å². The first-order chi connectivity index (χ1) is 9.12. The van der Waals surface area contributed by atoms with E-state index in [1.807, 2.05) is 11.8 Å². The Bertz CT molecular complexity index is 460. The molecule has 1 fully saturated rings. The van der Waals surface area contributed by atoms with E-state index in [0.29, 0.717) is 12.1 Å². The number of hydrogen-bond donors (Lipinski definition) is 1. The molecule has 1 aliphatic heterocycles. The number of nitrogens with one attached hydrogen (secondary N) is 1. The molecule has 0 bridgehead atoms. The normalized spacial score (nSPS) is 32.1. The summed E-state index contributed by atoms with van der Waals surface area (Å²) in [4.78, 5) is 0. The highest BCUT2D eigenvalue weighted by molar-refractivity contribution is 7.99. The summed E-state index contributed by atoms with van der Waals surface area (Å²) in [6.45, 7) is 4.38. The van der Waals surface area contributed by atoms with Gasteiger partial charge in [0.15, 0.2) is 0 Å². The maximum Gasteiger partial charge on any atom is 0.125 e. The van der Waals surface area contributed by atoms with E-state index in [-0.39, 0.29) is 5.60 Å². The number of ether oxygens (including phenoxy) is 1. The van der Waals surface area contributed by atoms with Crippen molar-refractivity contribution in [3.05, 3.63) is 29.8 Å². The maximum atomic E-state index is 6.12. The molecule has 0 aromatic heterocycles. The van der Waals surface area contributed by atoms with Crippen molar-refractivity contribution in [1.82, 2.24) is 5.32 Å². The second-order valence-electron chi connectivity index (χ2n) is 6.15. The van der Waals surface area contributed by atoms with Crippen molar-refractivity contribution >= 4 is 11.8 Å². The van der Waals surface area contributed by atoms with Gasteiger partial charge in [-0.05, 0) is 39.0 Å². The van der Waals surface area contributed by atoms with Crippen LogP contribution >= 0.6 is 11.8 Å². The van der Waals surface area contributed by atoms with Crippen LogP contribution in [0.2, 0.25) is 0 Å². The van der Waals surface area contributed by atoms with Gasteiger partial charge in [0.25, 0.3) is 0 Å². The summed E-state index contributed by atoms with van der Waals surface area (Å²) in [5.41, 5.74) is 1.16. The number of hydrogen-bond acceptors (Lipinski definition) is 3. The predicted molar refractivity (Wildman–Crippen MR) is 82.0 cm³/mol. The lowest BCUT2D eigenvalue weighted by molar-refractivity contribution is 0.0915. The van der Waals surface area contributed by atoms with E-state index >= 15 is 0 Å². The molecule has 3 rings (SSSR count). The summed E-state index contributed by atoms with van der Waals surface area (Å²) >= 11 is 2.00. The van der Waals surface area contributed by atoms with E-state index in [1.165, 1.54) is 24.8 Å². The average molecular weight is 277 g/mol. The maximum absolute atomic E-state index is 6.12. The summed E-state index contributed by atoms with van der Waals surface area (Å²) in [6, 6.07) is 9.37. The minimum absolute atomic E-state index is 0.158. The topological polar surface area (TPSA) is 21.3 Å². The number of rotatable bonds is 3. The number of thioether (sulfide) groups is 1. The average Bonchev–Trinajstić information content (AvgIpc) is 2.92. The fourth-order valence-electron chi connectivity index (χ4n) is 3.43. The Morgan fingerprint density at radius 2 is 2.05 bits per heavy atom. The van der Waals surface area contributed by atoms with E-state index in [0.717, 1.165) is 11.0 Å². The highest BCUT2D eigenvalue weighted by atomic mass is 32.2. The zero-order chi connectivity index (χ0) is 13.5. The van der Waals surface area contributed by atoms with Crippen molar-refractivity contribution in [3.8, 4) is 5.75 Å². The number of benzene rings is 1. The summed E-state index contributed by atoms with van der Waals surface area (Å²) < 4.78 is 6.12. The van der Waals surface area contributed by atoms with Crippen LogP contribution in [-0.2, 0) is 0 Å². The first-order valence-electron chi connectivity index (χ1n) is 7.18. The molecule has 2 nitrogen and oxygen atoms in total. The molecule has 104 valence electrons. The second kappa shape index (κ2) is 5.02. The minimum atomic E-state index is -0.158. The zero-order valence-electron chi connectivity index (χ0n) is 12.0. The highest BCUT2D eigenvalue weighted by Gasteiger charge is 2.43. The lowest BCUT2D eigenvalue weighted by Crippen LogP contribution is -2.45. The highest BCUT2D eigenvalue weighted by Crippen LogP contribution is 2.44. The summed E-state index contributed by atoms with van der Waals surface area (Å²) in [6.07, 6.45) is 6.21. The number of fused-ring (bicyclic) bond motifs is 1. The van der Waals surface area contributed by atoms with Crippen LogP contribution in [0.5, 0.6) is 5.75 Å². The van der Waals surface area contributed by atoms with Gasteiger partial charge in [-0.15, -0.1) is 0 Å². The molecule has 1 N–H and O–H groups in total. The molecule has 1 aromatic rings. The van der Waals surface area contributed by atoms with Crippen LogP contribution in [0.3, 0.4) is 0 Å². The van der Waals surface area contributed by atoms with Gasteiger partial charge in [-0.2, -0.15) is 11.8 Å². The summed E-state index contributed by atoms with van der Waals surface area (Å²) in [5, 5.41) is 4.63. The van der Waals surface area contributed by atoms with Crippen LogP contribution in [-0.4, -0.2) is 23.1 Å². The van der Waals surface area contributed by atoms with Crippen molar-refractivity contribution < 1.29 is 4.74 Å². The van der Waals surface area contributed by atoms with Gasteiger partial charge in [-0.3, -0.25) is 0 Å². The number of para-hydroxylation sites is 1. The third-order valence-corrected chi connectivity index (χ3v) is 5.60. The van der Waals surface area contributed by atoms with Gasteiger partial charge in [-0.25, -0.2) is 0 Å². The molecule has 0 amide bonds. The van der Waals surface area contributed by atoms with Gasteiger partial charge < -0.3 is 10.1 Å². The van der Waals surface area contributed by atoms with Crippen molar-refractivity contribution in [2.45, 2.75) is 56.0 Å². The molecule has 1 heterocycles. The first-order valence-corrected chi connectivity index (χ1v) is 8.47. The van der Waals surface area contributed by atoms with Crippen LogP contribution in [0.15, 0.2) is 24.3 Å². The molecule has 0 radical (unpaired) electrons. The monoisotopic (exact) mass is 277 g/mol. The van der Waals surface area contributed by atoms with E-state index in [9.17, 15) is 0 Å². The Morgan fingerprint density at radius 1 is 1.26 bits per heavy atom. The fraction of sp³-hybridized carbons (Fsp3) is 0.625. The molecule has 19 heavy (non-hydrogen) atoms. The van der Waals surface area contributed by atoms with Crippen molar-refractivity contribution in [2.75, 3.05) is 6.26 Å². The van der Waals surface area contributed by atoms with Gasteiger partial charge in [0.1, 0.15) is 11.4 Å². The van der Waals surface area contributed by atoms with Gasteiger partial charge >= 0.3 is 0 Å². The van der Waals surface area contributed by atoms with Gasteiger partial charge in [0, 0.05) is 16.9 Å². The molecule has 1 aliphatic carbocycles. The standard InChI is InChI=1S/C16H23NOS/c1-16(2)15(11-7-4-5-9-13(11)18-16)17-12-8-6-10-14(12)19-3/h4-5,7,9,12,14-15,17H,6,8,10H2,1-3H3. The van der Waals surface area contributed by atoms with Crippen LogP contribution in [0.4, 0.5) is 0 Å². The molecule has 0 saturated heterocycles. The Kier molecular flexibility index (Phi) is 3.52. The van der Waals surface area contributed by atoms with Crippen molar-refractivity contribution in [3.63, 3.8) is 0 Å². The SMILES string of the molecule is CSC1CCCC1NC1c2ccccc2OC1(C)C. The van der Waals surface area contributed by atoms with Crippen molar-refractivity contribution in [1.29, 1.82) is 0 Å². The molecular formula is C16H23NOS. The first kappa shape index (κ1) is 13.3. The Labute approximate surface area is 120 Å². The third kappa shape index (κ3) is 2.38. The van der Waals surface area contributed by atoms with Gasteiger partial charge in [0.2, 0.25) is 0 Å². The molecule has 3 unspecified atom stereocenters. The van der Waals surface area contributed by atoms with Crippen LogP contribution < -0.4 is 10.1 Å². The molecule has 1 saturated carbocycles.